The molecule has 0 saturated carbocycles. The second kappa shape index (κ2) is 7.28. The van der Waals surface area contributed by atoms with Crippen molar-refractivity contribution in [1.82, 2.24) is 0 Å². The average Bonchev–Trinajstić information content (AvgIpc) is 2.50. The van der Waals surface area contributed by atoms with Crippen molar-refractivity contribution >= 4 is 0 Å². The zero-order chi connectivity index (χ0) is 15.2. The van der Waals surface area contributed by atoms with Crippen molar-refractivity contribution in [2.45, 2.75) is 39.5 Å². The van der Waals surface area contributed by atoms with Crippen molar-refractivity contribution < 1.29 is 4.74 Å². The number of aryl methyl sites for hydroxylation is 1. The maximum absolute atomic E-state index is 6.03. The van der Waals surface area contributed by atoms with Gasteiger partial charge in [-0.25, -0.2) is 0 Å². The van der Waals surface area contributed by atoms with E-state index in [1.54, 1.807) is 0 Å². The Morgan fingerprint density at radius 2 is 1.81 bits per heavy atom. The van der Waals surface area contributed by atoms with E-state index in [0.717, 1.165) is 24.3 Å². The first-order valence-electron chi connectivity index (χ1n) is 7.71. The van der Waals surface area contributed by atoms with Crippen LogP contribution in [0.2, 0.25) is 0 Å². The van der Waals surface area contributed by atoms with Gasteiger partial charge in [0.2, 0.25) is 0 Å². The van der Waals surface area contributed by atoms with Crippen LogP contribution in [0.4, 0.5) is 0 Å². The zero-order valence-corrected chi connectivity index (χ0v) is 13.2. The molecule has 0 aliphatic carbocycles. The lowest BCUT2D eigenvalue weighted by Crippen LogP contribution is -2.04. The van der Waals surface area contributed by atoms with Gasteiger partial charge >= 0.3 is 0 Å². The number of hydrogen-bond acceptors (Lipinski definition) is 2. The fourth-order valence-electron chi connectivity index (χ4n) is 2.39. The SMILES string of the molecule is CCC(C)c1ccc(Oc2ccc(C)cc2CCN)cc1. The Balaban J connectivity index is 2.18. The zero-order valence-electron chi connectivity index (χ0n) is 13.2. The molecule has 0 fully saturated rings. The van der Waals surface area contributed by atoms with Crippen molar-refractivity contribution in [2.24, 2.45) is 5.73 Å². The number of hydrogen-bond donors (Lipinski definition) is 1. The Bertz CT molecular complexity index is 575. The summed E-state index contributed by atoms with van der Waals surface area (Å²) < 4.78 is 6.03. The highest BCUT2D eigenvalue weighted by atomic mass is 16.5. The molecule has 0 bridgehead atoms. The molecule has 112 valence electrons. The van der Waals surface area contributed by atoms with Gasteiger partial charge in [0.25, 0.3) is 0 Å². The largest absolute Gasteiger partial charge is 0.457 e. The van der Waals surface area contributed by atoms with Crippen LogP contribution in [-0.4, -0.2) is 6.54 Å². The molecule has 0 heterocycles. The molecule has 1 unspecified atom stereocenters. The van der Waals surface area contributed by atoms with Crippen LogP contribution in [-0.2, 0) is 6.42 Å². The summed E-state index contributed by atoms with van der Waals surface area (Å²) in [7, 11) is 0. The number of ether oxygens (including phenoxy) is 1. The van der Waals surface area contributed by atoms with E-state index in [0.29, 0.717) is 12.5 Å². The Kier molecular flexibility index (Phi) is 5.40. The van der Waals surface area contributed by atoms with Gasteiger partial charge in [-0.3, -0.25) is 0 Å². The second-order valence-electron chi connectivity index (χ2n) is 5.63. The minimum Gasteiger partial charge on any atom is -0.457 e. The number of benzene rings is 2. The summed E-state index contributed by atoms with van der Waals surface area (Å²) in [6.45, 7) is 7.17. The van der Waals surface area contributed by atoms with Gasteiger partial charge in [-0.2, -0.15) is 0 Å². The fourth-order valence-corrected chi connectivity index (χ4v) is 2.39. The summed E-state index contributed by atoms with van der Waals surface area (Å²) in [6, 6.07) is 14.7. The van der Waals surface area contributed by atoms with E-state index in [-0.39, 0.29) is 0 Å². The predicted octanol–water partition coefficient (Wildman–Crippen LogP) is 4.80. The van der Waals surface area contributed by atoms with Gasteiger partial charge in [-0.1, -0.05) is 43.7 Å². The smallest absolute Gasteiger partial charge is 0.130 e. The third-order valence-electron chi connectivity index (χ3n) is 3.92. The molecule has 0 aliphatic rings. The van der Waals surface area contributed by atoms with Crippen molar-refractivity contribution in [1.29, 1.82) is 0 Å². The molecular formula is C19H25NO. The van der Waals surface area contributed by atoms with E-state index in [1.165, 1.54) is 16.7 Å². The maximum Gasteiger partial charge on any atom is 0.130 e. The molecule has 0 saturated heterocycles. The van der Waals surface area contributed by atoms with E-state index in [4.69, 9.17) is 10.5 Å². The second-order valence-corrected chi connectivity index (χ2v) is 5.63. The average molecular weight is 283 g/mol. The van der Waals surface area contributed by atoms with Crippen LogP contribution in [0.25, 0.3) is 0 Å². The van der Waals surface area contributed by atoms with Crippen LogP contribution in [0.15, 0.2) is 42.5 Å². The van der Waals surface area contributed by atoms with E-state index < -0.39 is 0 Å². The summed E-state index contributed by atoms with van der Waals surface area (Å²) in [5.74, 6) is 2.37. The normalized spacial score (nSPS) is 12.2. The highest BCUT2D eigenvalue weighted by molar-refractivity contribution is 5.41. The van der Waals surface area contributed by atoms with Crippen molar-refractivity contribution in [2.75, 3.05) is 6.54 Å². The third-order valence-corrected chi connectivity index (χ3v) is 3.92. The van der Waals surface area contributed by atoms with Crippen molar-refractivity contribution in [3.05, 3.63) is 59.2 Å². The molecule has 0 spiro atoms. The molecule has 0 aliphatic heterocycles. The van der Waals surface area contributed by atoms with Crippen LogP contribution in [0.3, 0.4) is 0 Å². The molecule has 2 aromatic rings. The molecule has 2 aromatic carbocycles. The predicted molar refractivity (Wildman–Crippen MR) is 89.2 cm³/mol. The highest BCUT2D eigenvalue weighted by Gasteiger charge is 2.07. The number of nitrogens with two attached hydrogens (primary N) is 1. The number of rotatable bonds is 6. The lowest BCUT2D eigenvalue weighted by molar-refractivity contribution is 0.475. The van der Waals surface area contributed by atoms with Crippen molar-refractivity contribution in [3.8, 4) is 11.5 Å². The first kappa shape index (κ1) is 15.6. The summed E-state index contributed by atoms with van der Waals surface area (Å²) in [4.78, 5) is 0. The Morgan fingerprint density at radius 3 is 2.43 bits per heavy atom. The lowest BCUT2D eigenvalue weighted by atomic mass is 9.99. The standard InChI is InChI=1S/C19H25NO/c1-4-15(3)16-6-8-18(9-7-16)21-19-10-5-14(2)13-17(19)11-12-20/h5-10,13,15H,4,11-12,20H2,1-3H3. The van der Waals surface area contributed by atoms with Gasteiger partial charge in [0.15, 0.2) is 0 Å². The van der Waals surface area contributed by atoms with Crippen LogP contribution >= 0.6 is 0 Å². The third kappa shape index (κ3) is 4.08. The first-order valence-corrected chi connectivity index (χ1v) is 7.71. The molecule has 0 aromatic heterocycles. The molecule has 0 radical (unpaired) electrons. The van der Waals surface area contributed by atoms with Gasteiger partial charge in [0.1, 0.15) is 11.5 Å². The van der Waals surface area contributed by atoms with Gasteiger partial charge in [-0.05, 0) is 61.6 Å². The molecule has 2 N–H and O–H groups in total. The molecular weight excluding hydrogens is 258 g/mol. The maximum atomic E-state index is 6.03. The summed E-state index contributed by atoms with van der Waals surface area (Å²) in [5.41, 5.74) is 9.45. The van der Waals surface area contributed by atoms with Crippen molar-refractivity contribution in [3.63, 3.8) is 0 Å². The quantitative estimate of drug-likeness (QED) is 0.826. The van der Waals surface area contributed by atoms with E-state index in [9.17, 15) is 0 Å². The van der Waals surface area contributed by atoms with E-state index >= 15 is 0 Å². The van der Waals surface area contributed by atoms with Crippen LogP contribution in [0.1, 0.15) is 42.9 Å². The van der Waals surface area contributed by atoms with Crippen LogP contribution in [0.5, 0.6) is 11.5 Å². The lowest BCUT2D eigenvalue weighted by Gasteiger charge is -2.13. The minimum absolute atomic E-state index is 0.589. The molecule has 2 heteroatoms. The fraction of sp³-hybridized carbons (Fsp3) is 0.368. The van der Waals surface area contributed by atoms with Crippen LogP contribution < -0.4 is 10.5 Å². The Morgan fingerprint density at radius 1 is 1.10 bits per heavy atom. The minimum atomic E-state index is 0.589. The molecule has 21 heavy (non-hydrogen) atoms. The summed E-state index contributed by atoms with van der Waals surface area (Å²) in [6.07, 6.45) is 1.99. The Labute approximate surface area is 127 Å². The Hall–Kier alpha value is -1.80. The molecule has 1 atom stereocenters. The summed E-state index contributed by atoms with van der Waals surface area (Å²) in [5, 5.41) is 0. The van der Waals surface area contributed by atoms with Gasteiger partial charge in [0.05, 0.1) is 0 Å². The van der Waals surface area contributed by atoms with E-state index in [1.807, 2.05) is 18.2 Å². The monoisotopic (exact) mass is 283 g/mol. The van der Waals surface area contributed by atoms with E-state index in [2.05, 4.69) is 45.0 Å². The molecule has 0 amide bonds. The van der Waals surface area contributed by atoms with Gasteiger partial charge < -0.3 is 10.5 Å². The van der Waals surface area contributed by atoms with Crippen LogP contribution in [0, 0.1) is 6.92 Å². The highest BCUT2D eigenvalue weighted by Crippen LogP contribution is 2.28. The molecule has 2 nitrogen and oxygen atoms in total. The topological polar surface area (TPSA) is 35.2 Å². The first-order chi connectivity index (χ1) is 10.1. The molecule has 2 rings (SSSR count). The van der Waals surface area contributed by atoms with Gasteiger partial charge in [-0.15, -0.1) is 0 Å². The summed E-state index contributed by atoms with van der Waals surface area (Å²) >= 11 is 0. The van der Waals surface area contributed by atoms with Gasteiger partial charge in [0, 0.05) is 0 Å².